The van der Waals surface area contributed by atoms with Crippen LogP contribution < -0.4 is 5.73 Å². The average molecular weight is 218 g/mol. The number of nitrogens with two attached hydrogens (primary N) is 1. The van der Waals surface area contributed by atoms with Gasteiger partial charge in [0.15, 0.2) is 0 Å². The number of hydrogen-bond acceptors (Lipinski definition) is 2. The number of nitrogens with zero attached hydrogens (tertiary/aromatic N) is 1. The summed E-state index contributed by atoms with van der Waals surface area (Å²) in [6, 6.07) is 2.20. The molecule has 1 aromatic heterocycles. The van der Waals surface area contributed by atoms with Crippen molar-refractivity contribution < 1.29 is 0 Å². The van der Waals surface area contributed by atoms with Crippen molar-refractivity contribution in [2.45, 2.75) is 46.1 Å². The predicted octanol–water partition coefficient (Wildman–Crippen LogP) is 3.22. The van der Waals surface area contributed by atoms with Gasteiger partial charge in [-0.2, -0.15) is 0 Å². The highest BCUT2D eigenvalue weighted by Crippen LogP contribution is 2.48. The van der Waals surface area contributed by atoms with E-state index in [-0.39, 0.29) is 6.04 Å². The maximum absolute atomic E-state index is 6.44. The van der Waals surface area contributed by atoms with Crippen LogP contribution in [0.4, 0.5) is 0 Å². The van der Waals surface area contributed by atoms with Gasteiger partial charge < -0.3 is 5.73 Å². The van der Waals surface area contributed by atoms with Gasteiger partial charge in [-0.15, -0.1) is 0 Å². The third-order valence-electron chi connectivity index (χ3n) is 4.21. The van der Waals surface area contributed by atoms with Crippen molar-refractivity contribution >= 4 is 0 Å². The van der Waals surface area contributed by atoms with E-state index in [0.717, 1.165) is 0 Å². The highest BCUT2D eigenvalue weighted by Gasteiger charge is 2.38. The Labute approximate surface area is 98.3 Å². The highest BCUT2D eigenvalue weighted by molar-refractivity contribution is 5.26. The number of aryl methyl sites for hydroxylation is 1. The molecule has 1 aliphatic carbocycles. The molecule has 0 aliphatic heterocycles. The van der Waals surface area contributed by atoms with Crippen molar-refractivity contribution in [2.24, 2.45) is 17.1 Å². The molecule has 2 unspecified atom stereocenters. The van der Waals surface area contributed by atoms with Crippen LogP contribution >= 0.6 is 0 Å². The van der Waals surface area contributed by atoms with E-state index in [9.17, 15) is 0 Å². The molecule has 88 valence electrons. The standard InChI is InChI=1S/C14H22N2/c1-10-6-8-16-9-11(10)13(15)12-5-4-7-14(12,2)3/h6,8-9,12-13H,4-5,7,15H2,1-3H3. The Morgan fingerprint density at radius 1 is 1.50 bits per heavy atom. The van der Waals surface area contributed by atoms with Gasteiger partial charge in [0.1, 0.15) is 0 Å². The van der Waals surface area contributed by atoms with E-state index in [4.69, 9.17) is 5.73 Å². The highest BCUT2D eigenvalue weighted by atomic mass is 14.7. The first kappa shape index (κ1) is 11.6. The lowest BCUT2D eigenvalue weighted by Gasteiger charge is -2.32. The number of rotatable bonds is 2. The van der Waals surface area contributed by atoms with E-state index >= 15 is 0 Å². The minimum atomic E-state index is 0.145. The quantitative estimate of drug-likeness (QED) is 0.827. The van der Waals surface area contributed by atoms with Crippen LogP contribution in [0.1, 0.15) is 50.3 Å². The Bertz CT molecular complexity index is 371. The van der Waals surface area contributed by atoms with Gasteiger partial charge in [0.25, 0.3) is 0 Å². The third kappa shape index (κ3) is 1.99. The first-order valence-electron chi connectivity index (χ1n) is 6.18. The van der Waals surface area contributed by atoms with Crippen molar-refractivity contribution in [3.63, 3.8) is 0 Å². The SMILES string of the molecule is Cc1ccncc1C(N)C1CCCC1(C)C. The molecule has 0 bridgehead atoms. The summed E-state index contributed by atoms with van der Waals surface area (Å²) in [6.07, 6.45) is 7.64. The lowest BCUT2D eigenvalue weighted by atomic mass is 9.75. The summed E-state index contributed by atoms with van der Waals surface area (Å²) in [5, 5.41) is 0. The molecule has 0 saturated heterocycles. The molecular weight excluding hydrogens is 196 g/mol. The summed E-state index contributed by atoms with van der Waals surface area (Å²) in [6.45, 7) is 6.81. The molecule has 1 heterocycles. The lowest BCUT2D eigenvalue weighted by molar-refractivity contribution is 0.221. The van der Waals surface area contributed by atoms with Crippen molar-refractivity contribution in [3.05, 3.63) is 29.6 Å². The zero-order chi connectivity index (χ0) is 11.8. The summed E-state index contributed by atoms with van der Waals surface area (Å²) in [5.74, 6) is 0.593. The van der Waals surface area contributed by atoms with Gasteiger partial charge in [0.05, 0.1) is 0 Å². The molecule has 0 spiro atoms. The summed E-state index contributed by atoms with van der Waals surface area (Å²) >= 11 is 0. The van der Waals surface area contributed by atoms with Crippen LogP contribution in [0.3, 0.4) is 0 Å². The van der Waals surface area contributed by atoms with Crippen molar-refractivity contribution in [1.82, 2.24) is 4.98 Å². The fourth-order valence-corrected chi connectivity index (χ4v) is 3.06. The summed E-state index contributed by atoms with van der Waals surface area (Å²) in [7, 11) is 0. The third-order valence-corrected chi connectivity index (χ3v) is 4.21. The monoisotopic (exact) mass is 218 g/mol. The van der Waals surface area contributed by atoms with Crippen LogP contribution in [-0.4, -0.2) is 4.98 Å². The summed E-state index contributed by atoms with van der Waals surface area (Å²) in [4.78, 5) is 4.21. The van der Waals surface area contributed by atoms with Gasteiger partial charge in [-0.3, -0.25) is 4.98 Å². The Kier molecular flexibility index (Phi) is 3.02. The molecular formula is C14H22N2. The minimum Gasteiger partial charge on any atom is -0.324 e. The topological polar surface area (TPSA) is 38.9 Å². The molecule has 1 aliphatic rings. The first-order chi connectivity index (χ1) is 7.52. The fraction of sp³-hybridized carbons (Fsp3) is 0.643. The molecule has 0 aromatic carbocycles. The van der Waals surface area contributed by atoms with Gasteiger partial charge in [-0.25, -0.2) is 0 Å². The second-order valence-electron chi connectivity index (χ2n) is 5.75. The van der Waals surface area contributed by atoms with Gasteiger partial charge in [0.2, 0.25) is 0 Å². The Balaban J connectivity index is 2.26. The maximum atomic E-state index is 6.44. The van der Waals surface area contributed by atoms with Crippen LogP contribution in [-0.2, 0) is 0 Å². The van der Waals surface area contributed by atoms with E-state index in [2.05, 4.69) is 31.8 Å². The zero-order valence-corrected chi connectivity index (χ0v) is 10.5. The largest absolute Gasteiger partial charge is 0.324 e. The molecule has 2 rings (SSSR count). The second-order valence-corrected chi connectivity index (χ2v) is 5.75. The Hall–Kier alpha value is -0.890. The van der Waals surface area contributed by atoms with E-state index in [1.54, 1.807) is 0 Å². The van der Waals surface area contributed by atoms with Gasteiger partial charge >= 0.3 is 0 Å². The molecule has 2 N–H and O–H groups in total. The molecule has 1 fully saturated rings. The maximum Gasteiger partial charge on any atom is 0.0346 e. The summed E-state index contributed by atoms with van der Waals surface area (Å²) in [5.41, 5.74) is 9.31. The van der Waals surface area contributed by atoms with Crippen LogP contribution in [0.25, 0.3) is 0 Å². The number of pyridine rings is 1. The van der Waals surface area contributed by atoms with E-state index in [1.807, 2.05) is 12.4 Å². The molecule has 2 heteroatoms. The van der Waals surface area contributed by atoms with Crippen LogP contribution in [0.5, 0.6) is 0 Å². The smallest absolute Gasteiger partial charge is 0.0346 e. The fourth-order valence-electron chi connectivity index (χ4n) is 3.06. The molecule has 1 aromatic rings. The summed E-state index contributed by atoms with van der Waals surface area (Å²) < 4.78 is 0. The van der Waals surface area contributed by atoms with Crippen molar-refractivity contribution in [3.8, 4) is 0 Å². The van der Waals surface area contributed by atoms with Gasteiger partial charge in [-0.05, 0) is 48.3 Å². The molecule has 2 atom stereocenters. The average Bonchev–Trinajstić information content (AvgIpc) is 2.58. The van der Waals surface area contributed by atoms with Gasteiger partial charge in [0, 0.05) is 18.4 Å². The number of aromatic nitrogens is 1. The minimum absolute atomic E-state index is 0.145. The molecule has 16 heavy (non-hydrogen) atoms. The molecule has 0 radical (unpaired) electrons. The van der Waals surface area contributed by atoms with E-state index < -0.39 is 0 Å². The second kappa shape index (κ2) is 4.17. The van der Waals surface area contributed by atoms with Crippen LogP contribution in [0, 0.1) is 18.3 Å². The molecule has 0 amide bonds. The van der Waals surface area contributed by atoms with Crippen LogP contribution in [0.15, 0.2) is 18.5 Å². The first-order valence-corrected chi connectivity index (χ1v) is 6.18. The normalized spacial score (nSPS) is 25.6. The Morgan fingerprint density at radius 3 is 2.81 bits per heavy atom. The molecule has 1 saturated carbocycles. The van der Waals surface area contributed by atoms with Crippen molar-refractivity contribution in [1.29, 1.82) is 0 Å². The number of hydrogen-bond donors (Lipinski definition) is 1. The van der Waals surface area contributed by atoms with E-state index in [0.29, 0.717) is 11.3 Å². The zero-order valence-electron chi connectivity index (χ0n) is 10.5. The lowest BCUT2D eigenvalue weighted by Crippen LogP contribution is -2.30. The van der Waals surface area contributed by atoms with Crippen molar-refractivity contribution in [2.75, 3.05) is 0 Å². The Morgan fingerprint density at radius 2 is 2.25 bits per heavy atom. The van der Waals surface area contributed by atoms with Crippen LogP contribution in [0.2, 0.25) is 0 Å². The van der Waals surface area contributed by atoms with Gasteiger partial charge in [-0.1, -0.05) is 20.3 Å². The molecule has 2 nitrogen and oxygen atoms in total. The predicted molar refractivity (Wildman–Crippen MR) is 67.0 cm³/mol. The van der Waals surface area contributed by atoms with E-state index in [1.165, 1.54) is 30.4 Å².